The lowest BCUT2D eigenvalue weighted by molar-refractivity contribution is 0.144. The van der Waals surface area contributed by atoms with Crippen molar-refractivity contribution in [1.29, 1.82) is 0 Å². The van der Waals surface area contributed by atoms with E-state index in [1.54, 1.807) is 11.3 Å². The number of nitrogens with zero attached hydrogens (tertiary/aromatic N) is 2. The second kappa shape index (κ2) is 5.30. The molecule has 3 rings (SSSR count). The molecule has 2 unspecified atom stereocenters. The van der Waals surface area contributed by atoms with Crippen molar-refractivity contribution in [1.82, 2.24) is 9.97 Å². The number of hydrogen-bond acceptors (Lipinski definition) is 6. The SMILES string of the molecule is Nc1nc(NC2CCCCCC2O)c2ccsc2n1. The van der Waals surface area contributed by atoms with Crippen molar-refractivity contribution in [3.05, 3.63) is 11.4 Å². The molecule has 1 aliphatic carbocycles. The zero-order valence-corrected chi connectivity index (χ0v) is 11.5. The minimum atomic E-state index is -0.313. The van der Waals surface area contributed by atoms with Gasteiger partial charge in [-0.15, -0.1) is 11.3 Å². The van der Waals surface area contributed by atoms with E-state index in [1.165, 1.54) is 6.42 Å². The van der Waals surface area contributed by atoms with E-state index in [0.29, 0.717) is 0 Å². The lowest BCUT2D eigenvalue weighted by Crippen LogP contribution is -2.32. The number of aliphatic hydroxyl groups excluding tert-OH is 1. The van der Waals surface area contributed by atoms with Gasteiger partial charge in [-0.05, 0) is 24.3 Å². The van der Waals surface area contributed by atoms with Gasteiger partial charge in [0.05, 0.1) is 17.5 Å². The number of nitrogens with two attached hydrogens (primary N) is 1. The van der Waals surface area contributed by atoms with E-state index in [4.69, 9.17) is 5.73 Å². The fourth-order valence-electron chi connectivity index (χ4n) is 2.61. The van der Waals surface area contributed by atoms with Crippen LogP contribution in [0.2, 0.25) is 0 Å². The number of nitrogen functional groups attached to an aromatic ring is 1. The Morgan fingerprint density at radius 2 is 2.11 bits per heavy atom. The fourth-order valence-corrected chi connectivity index (χ4v) is 3.38. The molecule has 19 heavy (non-hydrogen) atoms. The molecule has 0 spiro atoms. The molecule has 2 aromatic heterocycles. The summed E-state index contributed by atoms with van der Waals surface area (Å²) in [6, 6.07) is 2.05. The topological polar surface area (TPSA) is 84.1 Å². The molecule has 2 atom stereocenters. The molecule has 0 saturated heterocycles. The van der Waals surface area contributed by atoms with Crippen LogP contribution in [-0.2, 0) is 0 Å². The molecule has 2 aromatic rings. The molecule has 1 saturated carbocycles. The number of aromatic nitrogens is 2. The zero-order valence-electron chi connectivity index (χ0n) is 10.7. The average Bonchev–Trinajstić information content (AvgIpc) is 2.75. The first-order chi connectivity index (χ1) is 9.24. The summed E-state index contributed by atoms with van der Waals surface area (Å²) in [7, 11) is 0. The van der Waals surface area contributed by atoms with E-state index in [9.17, 15) is 5.11 Å². The molecule has 6 heteroatoms. The lowest BCUT2D eigenvalue weighted by Gasteiger charge is -2.22. The van der Waals surface area contributed by atoms with Crippen LogP contribution in [-0.4, -0.2) is 27.2 Å². The molecule has 0 amide bonds. The van der Waals surface area contributed by atoms with E-state index in [-0.39, 0.29) is 18.1 Å². The summed E-state index contributed by atoms with van der Waals surface area (Å²) < 4.78 is 0. The number of nitrogens with one attached hydrogen (secondary N) is 1. The first-order valence-corrected chi connectivity index (χ1v) is 7.57. The summed E-state index contributed by atoms with van der Waals surface area (Å²) in [6.07, 6.45) is 4.94. The number of aliphatic hydroxyl groups is 1. The largest absolute Gasteiger partial charge is 0.391 e. The highest BCUT2D eigenvalue weighted by Gasteiger charge is 2.22. The fraction of sp³-hybridized carbons (Fsp3) is 0.538. The van der Waals surface area contributed by atoms with Crippen LogP contribution in [0.5, 0.6) is 0 Å². The molecule has 4 N–H and O–H groups in total. The van der Waals surface area contributed by atoms with E-state index in [2.05, 4.69) is 15.3 Å². The second-order valence-electron chi connectivity index (χ2n) is 5.03. The molecule has 0 radical (unpaired) electrons. The molecule has 2 heterocycles. The van der Waals surface area contributed by atoms with Crippen LogP contribution in [0.3, 0.4) is 0 Å². The zero-order chi connectivity index (χ0) is 13.2. The summed E-state index contributed by atoms with van der Waals surface area (Å²) in [5, 5.41) is 16.5. The summed E-state index contributed by atoms with van der Waals surface area (Å²) in [6.45, 7) is 0. The van der Waals surface area contributed by atoms with Crippen molar-refractivity contribution < 1.29 is 5.11 Å². The minimum absolute atomic E-state index is 0.0555. The third-order valence-electron chi connectivity index (χ3n) is 3.64. The molecule has 1 aliphatic rings. The van der Waals surface area contributed by atoms with Crippen molar-refractivity contribution >= 4 is 33.3 Å². The van der Waals surface area contributed by atoms with Crippen molar-refractivity contribution in [3.8, 4) is 0 Å². The van der Waals surface area contributed by atoms with E-state index < -0.39 is 0 Å². The Bertz CT molecular complexity index is 571. The summed E-state index contributed by atoms with van der Waals surface area (Å²) in [5.74, 6) is 1.02. The highest BCUT2D eigenvalue weighted by molar-refractivity contribution is 7.16. The Hall–Kier alpha value is -1.40. The maximum absolute atomic E-state index is 10.2. The van der Waals surface area contributed by atoms with E-state index >= 15 is 0 Å². The highest BCUT2D eigenvalue weighted by Crippen LogP contribution is 2.28. The third kappa shape index (κ3) is 2.64. The van der Waals surface area contributed by atoms with Crippen LogP contribution in [0.4, 0.5) is 11.8 Å². The smallest absolute Gasteiger partial charge is 0.223 e. The maximum Gasteiger partial charge on any atom is 0.223 e. The van der Waals surface area contributed by atoms with Crippen LogP contribution >= 0.6 is 11.3 Å². The minimum Gasteiger partial charge on any atom is -0.391 e. The number of thiophene rings is 1. The van der Waals surface area contributed by atoms with Crippen molar-refractivity contribution in [2.45, 2.75) is 44.2 Å². The van der Waals surface area contributed by atoms with Crippen LogP contribution in [0.1, 0.15) is 32.1 Å². The third-order valence-corrected chi connectivity index (χ3v) is 4.45. The molecule has 0 bridgehead atoms. The Kier molecular flexibility index (Phi) is 3.52. The Labute approximate surface area is 115 Å². The van der Waals surface area contributed by atoms with Crippen molar-refractivity contribution in [3.63, 3.8) is 0 Å². The predicted molar refractivity (Wildman–Crippen MR) is 78.3 cm³/mol. The van der Waals surface area contributed by atoms with Gasteiger partial charge in [-0.1, -0.05) is 19.3 Å². The van der Waals surface area contributed by atoms with E-state index in [1.807, 2.05) is 11.4 Å². The molecule has 0 aliphatic heterocycles. The quantitative estimate of drug-likeness (QED) is 0.734. The number of fused-ring (bicyclic) bond motifs is 1. The average molecular weight is 278 g/mol. The van der Waals surface area contributed by atoms with Gasteiger partial charge in [0.15, 0.2) is 0 Å². The van der Waals surface area contributed by atoms with E-state index in [0.717, 1.165) is 41.7 Å². The van der Waals surface area contributed by atoms with Crippen LogP contribution in [0, 0.1) is 0 Å². The molecule has 1 fully saturated rings. The standard InChI is InChI=1S/C13H18N4OS/c14-13-16-11(8-6-7-19-12(8)17-13)15-9-4-2-1-3-5-10(9)18/h6-7,9-10,18H,1-5H2,(H3,14,15,16,17). The van der Waals surface area contributed by atoms with Crippen LogP contribution < -0.4 is 11.1 Å². The van der Waals surface area contributed by atoms with Gasteiger partial charge in [0, 0.05) is 0 Å². The van der Waals surface area contributed by atoms with Gasteiger partial charge >= 0.3 is 0 Å². The first-order valence-electron chi connectivity index (χ1n) is 6.69. The molecular formula is C13H18N4OS. The highest BCUT2D eigenvalue weighted by atomic mass is 32.1. The van der Waals surface area contributed by atoms with Gasteiger partial charge in [-0.3, -0.25) is 0 Å². The molecule has 102 valence electrons. The van der Waals surface area contributed by atoms with Crippen LogP contribution in [0.15, 0.2) is 11.4 Å². The van der Waals surface area contributed by atoms with Crippen molar-refractivity contribution in [2.24, 2.45) is 0 Å². The number of hydrogen-bond donors (Lipinski definition) is 3. The van der Waals surface area contributed by atoms with Crippen LogP contribution in [0.25, 0.3) is 10.2 Å². The summed E-state index contributed by atoms with van der Waals surface area (Å²) >= 11 is 1.55. The number of anilines is 2. The molecule has 0 aromatic carbocycles. The van der Waals surface area contributed by atoms with Crippen molar-refractivity contribution in [2.75, 3.05) is 11.1 Å². The first kappa shape index (κ1) is 12.6. The molecular weight excluding hydrogens is 260 g/mol. The number of rotatable bonds is 2. The summed E-state index contributed by atoms with van der Waals surface area (Å²) in [5.41, 5.74) is 5.74. The Balaban J connectivity index is 1.89. The van der Waals surface area contributed by atoms with Gasteiger partial charge in [-0.25, -0.2) is 4.98 Å². The second-order valence-corrected chi connectivity index (χ2v) is 5.92. The monoisotopic (exact) mass is 278 g/mol. The van der Waals surface area contributed by atoms with Gasteiger partial charge in [0.25, 0.3) is 0 Å². The lowest BCUT2D eigenvalue weighted by atomic mass is 10.1. The Morgan fingerprint density at radius 1 is 1.26 bits per heavy atom. The predicted octanol–water partition coefficient (Wildman–Crippen LogP) is 2.38. The van der Waals surface area contributed by atoms with Gasteiger partial charge < -0.3 is 16.2 Å². The Morgan fingerprint density at radius 3 is 3.00 bits per heavy atom. The summed E-state index contributed by atoms with van der Waals surface area (Å²) in [4.78, 5) is 9.38. The van der Waals surface area contributed by atoms with Gasteiger partial charge in [-0.2, -0.15) is 4.98 Å². The molecule has 5 nitrogen and oxygen atoms in total. The van der Waals surface area contributed by atoms with Gasteiger partial charge in [0.1, 0.15) is 10.6 Å². The maximum atomic E-state index is 10.2. The normalized spacial score (nSPS) is 24.3. The van der Waals surface area contributed by atoms with Gasteiger partial charge in [0.2, 0.25) is 5.95 Å².